The molecule has 0 saturated carbocycles. The van der Waals surface area contributed by atoms with Crippen molar-refractivity contribution in [3.8, 4) is 5.88 Å². The van der Waals surface area contributed by atoms with E-state index in [0.29, 0.717) is 47.6 Å². The monoisotopic (exact) mass is 428 g/mol. The van der Waals surface area contributed by atoms with E-state index in [-0.39, 0.29) is 12.0 Å². The molecule has 1 amide bonds. The van der Waals surface area contributed by atoms with Gasteiger partial charge in [-0.2, -0.15) is 8.78 Å². The van der Waals surface area contributed by atoms with Crippen molar-refractivity contribution in [3.05, 3.63) is 52.6 Å². The lowest BCUT2D eigenvalue weighted by Gasteiger charge is -2.18. The van der Waals surface area contributed by atoms with Crippen LogP contribution in [-0.2, 0) is 0 Å². The van der Waals surface area contributed by atoms with E-state index < -0.39 is 5.76 Å². The maximum atomic E-state index is 12.7. The average Bonchev–Trinajstić information content (AvgIpc) is 3.05. The van der Waals surface area contributed by atoms with Gasteiger partial charge in [-0.3, -0.25) is 4.79 Å². The Bertz CT molecular complexity index is 746. The maximum Gasteiger partial charge on any atom is 0.288 e. The van der Waals surface area contributed by atoms with Gasteiger partial charge in [0.2, 0.25) is 5.88 Å². The fourth-order valence-corrected chi connectivity index (χ4v) is 3.49. The van der Waals surface area contributed by atoms with E-state index in [4.69, 9.17) is 4.74 Å². The Labute approximate surface area is 156 Å². The largest absolute Gasteiger partial charge is 0.472 e. The number of hydrogen-bond donors (Lipinski definition) is 0. The van der Waals surface area contributed by atoms with Gasteiger partial charge in [0, 0.05) is 34.6 Å². The van der Waals surface area contributed by atoms with Crippen molar-refractivity contribution in [2.45, 2.75) is 23.2 Å². The standard InChI is InChI=1S/C17H15BrF2N2O2S/c18-11-5-6-15(21-9-11)24-12-7-8-22(10-12)16(23)13-3-1-2-4-14(13)25-17(19)20/h1-6,9,12,17H,7-8,10H2. The number of pyridine rings is 1. The van der Waals surface area contributed by atoms with Gasteiger partial charge in [0.15, 0.2) is 0 Å². The molecule has 25 heavy (non-hydrogen) atoms. The first-order chi connectivity index (χ1) is 12.0. The normalized spacial score (nSPS) is 17.1. The third kappa shape index (κ3) is 4.70. The Morgan fingerprint density at radius 1 is 1.32 bits per heavy atom. The molecule has 0 bridgehead atoms. The topological polar surface area (TPSA) is 42.4 Å². The molecule has 1 aromatic heterocycles. The number of ether oxygens (including phenoxy) is 1. The quantitative estimate of drug-likeness (QED) is 0.659. The van der Waals surface area contributed by atoms with Gasteiger partial charge < -0.3 is 9.64 Å². The van der Waals surface area contributed by atoms with E-state index in [1.807, 2.05) is 6.07 Å². The Balaban J connectivity index is 1.65. The van der Waals surface area contributed by atoms with Gasteiger partial charge >= 0.3 is 0 Å². The number of benzene rings is 1. The van der Waals surface area contributed by atoms with E-state index in [1.54, 1.807) is 41.4 Å². The molecule has 2 aromatic rings. The molecule has 0 radical (unpaired) electrons. The minimum Gasteiger partial charge on any atom is -0.472 e. The van der Waals surface area contributed by atoms with E-state index in [0.717, 1.165) is 4.47 Å². The number of halogens is 3. The van der Waals surface area contributed by atoms with E-state index in [1.165, 1.54) is 0 Å². The van der Waals surface area contributed by atoms with E-state index >= 15 is 0 Å². The molecule has 1 unspecified atom stereocenters. The van der Waals surface area contributed by atoms with Crippen LogP contribution in [0.4, 0.5) is 8.78 Å². The van der Waals surface area contributed by atoms with Crippen molar-refractivity contribution >= 4 is 33.6 Å². The summed E-state index contributed by atoms with van der Waals surface area (Å²) in [4.78, 5) is 18.8. The smallest absolute Gasteiger partial charge is 0.288 e. The Kier molecular flexibility index (Phi) is 5.90. The Morgan fingerprint density at radius 3 is 2.84 bits per heavy atom. The van der Waals surface area contributed by atoms with Gasteiger partial charge in [-0.1, -0.05) is 23.9 Å². The van der Waals surface area contributed by atoms with Gasteiger partial charge in [-0.25, -0.2) is 4.98 Å². The number of hydrogen-bond acceptors (Lipinski definition) is 4. The van der Waals surface area contributed by atoms with Crippen molar-refractivity contribution < 1.29 is 18.3 Å². The van der Waals surface area contributed by atoms with Gasteiger partial charge in [0.05, 0.1) is 12.1 Å². The van der Waals surface area contributed by atoms with Crippen LogP contribution in [0, 0.1) is 0 Å². The number of alkyl halides is 2. The third-order valence-corrected chi connectivity index (χ3v) is 5.01. The average molecular weight is 429 g/mol. The summed E-state index contributed by atoms with van der Waals surface area (Å²) in [6.45, 7) is 0.929. The summed E-state index contributed by atoms with van der Waals surface area (Å²) in [6, 6.07) is 10.0. The van der Waals surface area contributed by atoms with Gasteiger partial charge in [0.1, 0.15) is 6.10 Å². The number of carbonyl (C=O) groups is 1. The fraction of sp³-hybridized carbons (Fsp3) is 0.294. The molecule has 1 fully saturated rings. The van der Waals surface area contributed by atoms with Crippen molar-refractivity contribution in [3.63, 3.8) is 0 Å². The number of nitrogens with zero attached hydrogens (tertiary/aromatic N) is 2. The lowest BCUT2D eigenvalue weighted by atomic mass is 10.2. The lowest BCUT2D eigenvalue weighted by molar-refractivity contribution is 0.0767. The highest BCUT2D eigenvalue weighted by atomic mass is 79.9. The molecule has 1 aliphatic heterocycles. The van der Waals surface area contributed by atoms with Crippen LogP contribution in [0.1, 0.15) is 16.8 Å². The molecule has 1 aromatic carbocycles. The van der Waals surface area contributed by atoms with E-state index in [2.05, 4.69) is 20.9 Å². The van der Waals surface area contributed by atoms with Crippen LogP contribution < -0.4 is 4.74 Å². The zero-order chi connectivity index (χ0) is 17.8. The zero-order valence-electron chi connectivity index (χ0n) is 13.1. The molecule has 4 nitrogen and oxygen atoms in total. The van der Waals surface area contributed by atoms with E-state index in [9.17, 15) is 13.6 Å². The van der Waals surface area contributed by atoms with Crippen molar-refractivity contribution in [2.75, 3.05) is 13.1 Å². The number of likely N-dealkylation sites (tertiary alicyclic amines) is 1. The number of aromatic nitrogens is 1. The molecule has 1 aliphatic rings. The zero-order valence-corrected chi connectivity index (χ0v) is 15.5. The second kappa shape index (κ2) is 8.14. The number of rotatable bonds is 5. The van der Waals surface area contributed by atoms with Crippen LogP contribution in [-0.4, -0.2) is 40.7 Å². The predicted octanol–water partition coefficient (Wildman–Crippen LogP) is 4.45. The Hall–Kier alpha value is -1.67. The highest BCUT2D eigenvalue weighted by Gasteiger charge is 2.30. The molecule has 3 rings (SSSR count). The second-order valence-electron chi connectivity index (χ2n) is 5.47. The van der Waals surface area contributed by atoms with Crippen LogP contribution in [0.25, 0.3) is 0 Å². The first kappa shape index (κ1) is 18.1. The predicted molar refractivity (Wildman–Crippen MR) is 95.2 cm³/mol. The first-order valence-corrected chi connectivity index (χ1v) is 9.31. The molecule has 0 aliphatic carbocycles. The molecular weight excluding hydrogens is 414 g/mol. The summed E-state index contributed by atoms with van der Waals surface area (Å²) in [7, 11) is 0. The number of carbonyl (C=O) groups excluding carboxylic acids is 1. The van der Waals surface area contributed by atoms with Gasteiger partial charge in [0.25, 0.3) is 11.7 Å². The molecular formula is C17H15BrF2N2O2S. The third-order valence-electron chi connectivity index (χ3n) is 3.75. The molecule has 0 N–H and O–H groups in total. The van der Waals surface area contributed by atoms with Gasteiger partial charge in [-0.05, 0) is 34.1 Å². The molecule has 2 heterocycles. The lowest BCUT2D eigenvalue weighted by Crippen LogP contribution is -2.31. The summed E-state index contributed by atoms with van der Waals surface area (Å²) in [5.41, 5.74) is 0.301. The molecule has 132 valence electrons. The van der Waals surface area contributed by atoms with Crippen molar-refractivity contribution in [1.29, 1.82) is 0 Å². The summed E-state index contributed by atoms with van der Waals surface area (Å²) in [5, 5.41) is 0. The van der Waals surface area contributed by atoms with Crippen molar-refractivity contribution in [2.24, 2.45) is 0 Å². The highest BCUT2D eigenvalue weighted by Crippen LogP contribution is 2.30. The molecule has 1 atom stereocenters. The van der Waals surface area contributed by atoms with Crippen LogP contribution in [0.2, 0.25) is 0 Å². The maximum absolute atomic E-state index is 12.7. The minimum atomic E-state index is -2.56. The fourth-order valence-electron chi connectivity index (χ4n) is 2.62. The summed E-state index contributed by atoms with van der Waals surface area (Å²) < 4.78 is 32.0. The molecule has 8 heteroatoms. The minimum absolute atomic E-state index is 0.160. The number of thioether (sulfide) groups is 1. The Morgan fingerprint density at radius 2 is 2.12 bits per heavy atom. The summed E-state index contributed by atoms with van der Waals surface area (Å²) >= 11 is 3.70. The van der Waals surface area contributed by atoms with Crippen LogP contribution in [0.15, 0.2) is 52.0 Å². The SMILES string of the molecule is O=C(c1ccccc1SC(F)F)N1CCC(Oc2ccc(Br)cn2)C1. The second-order valence-corrected chi connectivity index (χ2v) is 7.42. The summed E-state index contributed by atoms with van der Waals surface area (Å²) in [5.74, 6) is -2.32. The highest BCUT2D eigenvalue weighted by molar-refractivity contribution is 9.10. The number of amides is 1. The van der Waals surface area contributed by atoms with Gasteiger partial charge in [-0.15, -0.1) is 0 Å². The van der Waals surface area contributed by atoms with Crippen molar-refractivity contribution in [1.82, 2.24) is 9.88 Å². The summed E-state index contributed by atoms with van der Waals surface area (Å²) in [6.07, 6.45) is 2.16. The van der Waals surface area contributed by atoms with Crippen LogP contribution in [0.5, 0.6) is 5.88 Å². The van der Waals surface area contributed by atoms with Crippen LogP contribution >= 0.6 is 27.7 Å². The first-order valence-electron chi connectivity index (χ1n) is 7.64. The molecule has 1 saturated heterocycles. The molecule has 0 spiro atoms. The van der Waals surface area contributed by atoms with Crippen LogP contribution in [0.3, 0.4) is 0 Å².